The molecule has 0 spiro atoms. The quantitative estimate of drug-likeness (QED) is 0.676. The molecule has 3 atom stereocenters. The lowest BCUT2D eigenvalue weighted by Crippen LogP contribution is -2.55. The summed E-state index contributed by atoms with van der Waals surface area (Å²) in [5.41, 5.74) is 6.24. The van der Waals surface area contributed by atoms with Crippen molar-refractivity contribution >= 4 is 6.03 Å². The first kappa shape index (κ1) is 11.7. The van der Waals surface area contributed by atoms with Gasteiger partial charge in [0.1, 0.15) is 0 Å². The minimum Gasteiger partial charge on any atom is -0.336 e. The highest BCUT2D eigenvalue weighted by Gasteiger charge is 2.48. The van der Waals surface area contributed by atoms with Crippen LogP contribution in [0.3, 0.4) is 0 Å². The van der Waals surface area contributed by atoms with Crippen LogP contribution in [0.1, 0.15) is 39.5 Å². The molecule has 4 N–H and O–H groups in total. The first-order valence-electron chi connectivity index (χ1n) is 6.33. The van der Waals surface area contributed by atoms with Gasteiger partial charge in [-0.15, -0.1) is 0 Å². The molecule has 0 aromatic rings. The third kappa shape index (κ3) is 2.32. The molecule has 0 heterocycles. The standard InChI is InChI=1S/C12H23N3O/c1-8(2)15-11(16)14-7-12(13)6-9-3-4-10(12)5-9/h8-10H,3-7,13H2,1-2H3,(H2,14,15,16). The summed E-state index contributed by atoms with van der Waals surface area (Å²) >= 11 is 0. The van der Waals surface area contributed by atoms with E-state index in [0.29, 0.717) is 12.5 Å². The van der Waals surface area contributed by atoms with Crippen molar-refractivity contribution in [3.8, 4) is 0 Å². The minimum absolute atomic E-state index is 0.0948. The number of fused-ring (bicyclic) bond motifs is 2. The molecule has 0 saturated heterocycles. The first-order chi connectivity index (χ1) is 7.49. The van der Waals surface area contributed by atoms with Crippen molar-refractivity contribution in [3.63, 3.8) is 0 Å². The van der Waals surface area contributed by atoms with E-state index < -0.39 is 0 Å². The molecule has 2 saturated carbocycles. The Morgan fingerprint density at radius 1 is 1.50 bits per heavy atom. The third-order valence-electron chi connectivity index (χ3n) is 4.02. The summed E-state index contributed by atoms with van der Waals surface area (Å²) in [7, 11) is 0. The molecule has 16 heavy (non-hydrogen) atoms. The summed E-state index contributed by atoms with van der Waals surface area (Å²) in [5.74, 6) is 1.43. The van der Waals surface area contributed by atoms with Gasteiger partial charge in [-0.3, -0.25) is 0 Å². The normalized spacial score (nSPS) is 36.8. The topological polar surface area (TPSA) is 67.2 Å². The van der Waals surface area contributed by atoms with Gasteiger partial charge in [-0.1, -0.05) is 6.42 Å². The Hall–Kier alpha value is -0.770. The largest absolute Gasteiger partial charge is 0.336 e. The summed E-state index contributed by atoms with van der Waals surface area (Å²) in [6.07, 6.45) is 4.93. The van der Waals surface area contributed by atoms with Crippen molar-refractivity contribution in [1.29, 1.82) is 0 Å². The van der Waals surface area contributed by atoms with Gasteiger partial charge in [-0.25, -0.2) is 4.79 Å². The smallest absolute Gasteiger partial charge is 0.315 e. The maximum Gasteiger partial charge on any atom is 0.315 e. The maximum absolute atomic E-state index is 11.5. The highest BCUT2D eigenvalue weighted by Crippen LogP contribution is 2.49. The van der Waals surface area contributed by atoms with E-state index in [9.17, 15) is 4.79 Å². The molecule has 2 rings (SSSR count). The average molecular weight is 225 g/mol. The second kappa shape index (κ2) is 4.24. The van der Waals surface area contributed by atoms with Gasteiger partial charge in [-0.05, 0) is 44.9 Å². The van der Waals surface area contributed by atoms with Crippen molar-refractivity contribution in [1.82, 2.24) is 10.6 Å². The number of nitrogens with one attached hydrogen (secondary N) is 2. The number of hydrogen-bond acceptors (Lipinski definition) is 2. The number of carbonyl (C=O) groups is 1. The number of urea groups is 1. The fourth-order valence-electron chi connectivity index (χ4n) is 3.26. The summed E-state index contributed by atoms with van der Waals surface area (Å²) in [4.78, 5) is 11.5. The zero-order valence-corrected chi connectivity index (χ0v) is 10.3. The molecule has 2 fully saturated rings. The molecule has 0 radical (unpaired) electrons. The Morgan fingerprint density at radius 3 is 2.75 bits per heavy atom. The van der Waals surface area contributed by atoms with E-state index in [-0.39, 0.29) is 17.6 Å². The molecule has 4 nitrogen and oxygen atoms in total. The van der Waals surface area contributed by atoms with Crippen LogP contribution in [0.25, 0.3) is 0 Å². The predicted molar refractivity (Wildman–Crippen MR) is 64.0 cm³/mol. The van der Waals surface area contributed by atoms with E-state index >= 15 is 0 Å². The van der Waals surface area contributed by atoms with Gasteiger partial charge in [0.2, 0.25) is 0 Å². The van der Waals surface area contributed by atoms with E-state index in [0.717, 1.165) is 12.3 Å². The van der Waals surface area contributed by atoms with Crippen LogP contribution in [0.5, 0.6) is 0 Å². The Bertz CT molecular complexity index is 279. The fraction of sp³-hybridized carbons (Fsp3) is 0.917. The maximum atomic E-state index is 11.5. The molecule has 2 aliphatic rings. The number of amides is 2. The van der Waals surface area contributed by atoms with Crippen LogP contribution in [0.4, 0.5) is 4.79 Å². The lowest BCUT2D eigenvalue weighted by Gasteiger charge is -2.34. The molecule has 4 heteroatoms. The van der Waals surface area contributed by atoms with E-state index in [4.69, 9.17) is 5.73 Å². The van der Waals surface area contributed by atoms with Gasteiger partial charge >= 0.3 is 6.03 Å². The first-order valence-corrected chi connectivity index (χ1v) is 6.33. The summed E-state index contributed by atoms with van der Waals surface area (Å²) < 4.78 is 0. The second-order valence-corrected chi connectivity index (χ2v) is 5.80. The van der Waals surface area contributed by atoms with Crippen molar-refractivity contribution in [2.24, 2.45) is 17.6 Å². The van der Waals surface area contributed by atoms with Crippen LogP contribution in [0.2, 0.25) is 0 Å². The summed E-state index contributed by atoms with van der Waals surface area (Å²) in [5, 5.41) is 5.73. The highest BCUT2D eigenvalue weighted by molar-refractivity contribution is 5.74. The molecule has 92 valence electrons. The van der Waals surface area contributed by atoms with Gasteiger partial charge < -0.3 is 16.4 Å². The molecule has 2 amide bonds. The number of hydrogen-bond donors (Lipinski definition) is 3. The molecule has 2 aliphatic carbocycles. The summed E-state index contributed by atoms with van der Waals surface area (Å²) in [6.45, 7) is 4.53. The van der Waals surface area contributed by atoms with Crippen LogP contribution >= 0.6 is 0 Å². The van der Waals surface area contributed by atoms with Gasteiger partial charge in [0.15, 0.2) is 0 Å². The highest BCUT2D eigenvalue weighted by atomic mass is 16.2. The van der Waals surface area contributed by atoms with E-state index in [1.54, 1.807) is 0 Å². The molecule has 0 aliphatic heterocycles. The Morgan fingerprint density at radius 2 is 2.25 bits per heavy atom. The van der Waals surface area contributed by atoms with Crippen molar-refractivity contribution in [2.45, 2.75) is 51.1 Å². The van der Waals surface area contributed by atoms with Crippen molar-refractivity contribution in [2.75, 3.05) is 6.54 Å². The van der Waals surface area contributed by atoms with Crippen LogP contribution in [0.15, 0.2) is 0 Å². The Balaban J connectivity index is 1.79. The van der Waals surface area contributed by atoms with Gasteiger partial charge in [0, 0.05) is 18.1 Å². The SMILES string of the molecule is CC(C)NC(=O)NCC1(N)CC2CCC1C2. The predicted octanol–water partition coefficient (Wildman–Crippen LogP) is 1.21. The van der Waals surface area contributed by atoms with E-state index in [1.807, 2.05) is 13.8 Å². The molecule has 0 aromatic heterocycles. The van der Waals surface area contributed by atoms with E-state index in [1.165, 1.54) is 19.3 Å². The average Bonchev–Trinajstić information content (AvgIpc) is 2.73. The van der Waals surface area contributed by atoms with Gasteiger partial charge in [0.05, 0.1) is 0 Å². The molecule has 0 aromatic carbocycles. The van der Waals surface area contributed by atoms with Crippen LogP contribution in [-0.4, -0.2) is 24.2 Å². The lowest BCUT2D eigenvalue weighted by atomic mass is 9.82. The van der Waals surface area contributed by atoms with Crippen LogP contribution in [-0.2, 0) is 0 Å². The fourth-order valence-corrected chi connectivity index (χ4v) is 3.26. The zero-order valence-electron chi connectivity index (χ0n) is 10.3. The van der Waals surface area contributed by atoms with Crippen LogP contribution in [0, 0.1) is 11.8 Å². The monoisotopic (exact) mass is 225 g/mol. The minimum atomic E-state index is -0.142. The number of rotatable bonds is 3. The molecular weight excluding hydrogens is 202 g/mol. The zero-order chi connectivity index (χ0) is 11.8. The number of carbonyl (C=O) groups excluding carboxylic acids is 1. The lowest BCUT2D eigenvalue weighted by molar-refractivity contribution is 0.224. The van der Waals surface area contributed by atoms with Crippen molar-refractivity contribution < 1.29 is 4.79 Å². The molecule has 3 unspecified atom stereocenters. The second-order valence-electron chi connectivity index (χ2n) is 5.80. The van der Waals surface area contributed by atoms with Gasteiger partial charge in [-0.2, -0.15) is 0 Å². The molecular formula is C12H23N3O. The Labute approximate surface area is 97.3 Å². The van der Waals surface area contributed by atoms with E-state index in [2.05, 4.69) is 10.6 Å². The van der Waals surface area contributed by atoms with Crippen molar-refractivity contribution in [3.05, 3.63) is 0 Å². The summed E-state index contributed by atoms with van der Waals surface area (Å²) in [6, 6.07) is 0.0800. The van der Waals surface area contributed by atoms with Gasteiger partial charge in [0.25, 0.3) is 0 Å². The number of nitrogens with two attached hydrogens (primary N) is 1. The van der Waals surface area contributed by atoms with Crippen LogP contribution < -0.4 is 16.4 Å². The Kier molecular flexibility index (Phi) is 3.10. The third-order valence-corrected chi connectivity index (χ3v) is 4.02. The molecule has 2 bridgehead atoms.